The fraction of sp³-hybridized carbons (Fsp3) is 0.533. The summed E-state index contributed by atoms with van der Waals surface area (Å²) in [5.41, 5.74) is 3.59. The van der Waals surface area contributed by atoms with Crippen LogP contribution in [0.2, 0.25) is 0 Å². The summed E-state index contributed by atoms with van der Waals surface area (Å²) in [6.07, 6.45) is 0.882. The largest absolute Gasteiger partial charge is 0.374 e. The highest BCUT2D eigenvalue weighted by molar-refractivity contribution is 5.53. The average Bonchev–Trinajstić information content (AvgIpc) is 2.26. The second-order valence-electron chi connectivity index (χ2n) is 5.46. The minimum atomic E-state index is -0.243. The number of rotatable bonds is 4. The van der Waals surface area contributed by atoms with E-state index in [0.717, 1.165) is 13.0 Å². The number of anilines is 1. The zero-order chi connectivity index (χ0) is 13.1. The maximum Gasteiger partial charge on any atom is 0.0684 e. The van der Waals surface area contributed by atoms with Gasteiger partial charge in [-0.3, -0.25) is 0 Å². The van der Waals surface area contributed by atoms with Gasteiger partial charge in [0, 0.05) is 19.3 Å². The molecule has 0 saturated heterocycles. The Morgan fingerprint density at radius 1 is 1.29 bits per heavy atom. The second-order valence-corrected chi connectivity index (χ2v) is 5.46. The monoisotopic (exact) mass is 230 g/mol. The minimum absolute atomic E-state index is 0.243. The Kier molecular flexibility index (Phi) is 4.17. The molecular formula is C15H22N2. The predicted octanol–water partition coefficient (Wildman–Crippen LogP) is 3.68. The highest BCUT2D eigenvalue weighted by Gasteiger charge is 2.17. The minimum Gasteiger partial charge on any atom is -0.374 e. The van der Waals surface area contributed by atoms with Gasteiger partial charge in [0.05, 0.1) is 11.5 Å². The number of benzene rings is 1. The van der Waals surface area contributed by atoms with Crippen LogP contribution in [0.5, 0.6) is 0 Å². The molecule has 0 aromatic heterocycles. The first-order valence-electron chi connectivity index (χ1n) is 6.05. The zero-order valence-electron chi connectivity index (χ0n) is 11.5. The van der Waals surface area contributed by atoms with Gasteiger partial charge >= 0.3 is 0 Å². The molecule has 0 aliphatic carbocycles. The molecule has 0 radical (unpaired) electrons. The summed E-state index contributed by atoms with van der Waals surface area (Å²) in [4.78, 5) is 2.23. The van der Waals surface area contributed by atoms with Crippen molar-refractivity contribution in [2.24, 2.45) is 5.41 Å². The lowest BCUT2D eigenvalue weighted by molar-refractivity contribution is 0.455. The van der Waals surface area contributed by atoms with Gasteiger partial charge in [0.25, 0.3) is 0 Å². The molecule has 1 aromatic carbocycles. The molecule has 0 fully saturated rings. The Morgan fingerprint density at radius 3 is 2.47 bits per heavy atom. The molecule has 0 unspecified atom stereocenters. The lowest BCUT2D eigenvalue weighted by Gasteiger charge is -2.25. The Hall–Kier alpha value is -1.49. The summed E-state index contributed by atoms with van der Waals surface area (Å²) in [6, 6.07) is 8.83. The van der Waals surface area contributed by atoms with Crippen LogP contribution in [0.4, 0.5) is 5.69 Å². The summed E-state index contributed by atoms with van der Waals surface area (Å²) < 4.78 is 0. The van der Waals surface area contributed by atoms with Crippen LogP contribution in [-0.2, 0) is 0 Å². The van der Waals surface area contributed by atoms with Crippen LogP contribution in [-0.4, -0.2) is 13.6 Å². The van der Waals surface area contributed by atoms with Crippen molar-refractivity contribution in [1.29, 1.82) is 5.26 Å². The molecular weight excluding hydrogens is 208 g/mol. The van der Waals surface area contributed by atoms with Gasteiger partial charge < -0.3 is 4.90 Å². The van der Waals surface area contributed by atoms with Crippen LogP contribution >= 0.6 is 0 Å². The SMILES string of the molecule is Cc1ccc(N(C)CCC(C)(C)C#N)c(C)c1. The average molecular weight is 230 g/mol. The van der Waals surface area contributed by atoms with Crippen molar-refractivity contribution in [1.82, 2.24) is 0 Å². The van der Waals surface area contributed by atoms with E-state index in [0.29, 0.717) is 0 Å². The number of hydrogen-bond acceptors (Lipinski definition) is 2. The third kappa shape index (κ3) is 3.78. The van der Waals surface area contributed by atoms with E-state index in [9.17, 15) is 0 Å². The van der Waals surface area contributed by atoms with Crippen LogP contribution in [0, 0.1) is 30.6 Å². The van der Waals surface area contributed by atoms with Gasteiger partial charge in [0.15, 0.2) is 0 Å². The van der Waals surface area contributed by atoms with E-state index in [1.807, 2.05) is 13.8 Å². The number of nitrogens with zero attached hydrogens (tertiary/aromatic N) is 2. The quantitative estimate of drug-likeness (QED) is 0.789. The number of aryl methyl sites for hydroxylation is 2. The van der Waals surface area contributed by atoms with Crippen LogP contribution in [0.15, 0.2) is 18.2 Å². The van der Waals surface area contributed by atoms with E-state index in [4.69, 9.17) is 5.26 Å². The van der Waals surface area contributed by atoms with E-state index in [2.05, 4.69) is 50.1 Å². The molecule has 0 N–H and O–H groups in total. The Bertz CT molecular complexity index is 427. The molecule has 0 aliphatic heterocycles. The van der Waals surface area contributed by atoms with Crippen molar-refractivity contribution in [2.75, 3.05) is 18.5 Å². The van der Waals surface area contributed by atoms with Crippen molar-refractivity contribution in [2.45, 2.75) is 34.1 Å². The van der Waals surface area contributed by atoms with E-state index < -0.39 is 0 Å². The third-order valence-corrected chi connectivity index (χ3v) is 3.14. The first-order valence-corrected chi connectivity index (χ1v) is 6.05. The molecule has 0 atom stereocenters. The molecule has 1 aromatic rings. The zero-order valence-corrected chi connectivity index (χ0v) is 11.5. The van der Waals surface area contributed by atoms with Crippen molar-refractivity contribution < 1.29 is 0 Å². The molecule has 0 aliphatic rings. The molecule has 17 heavy (non-hydrogen) atoms. The fourth-order valence-corrected chi connectivity index (χ4v) is 1.86. The highest BCUT2D eigenvalue weighted by atomic mass is 15.1. The maximum atomic E-state index is 9.00. The molecule has 2 heteroatoms. The van der Waals surface area contributed by atoms with Gasteiger partial charge in [0.1, 0.15) is 0 Å². The molecule has 0 amide bonds. The summed E-state index contributed by atoms with van der Waals surface area (Å²) in [6.45, 7) is 9.12. The summed E-state index contributed by atoms with van der Waals surface area (Å²) in [7, 11) is 2.09. The molecule has 0 heterocycles. The van der Waals surface area contributed by atoms with Crippen LogP contribution < -0.4 is 4.90 Å². The van der Waals surface area contributed by atoms with Crippen LogP contribution in [0.25, 0.3) is 0 Å². The van der Waals surface area contributed by atoms with Crippen molar-refractivity contribution in [3.05, 3.63) is 29.3 Å². The van der Waals surface area contributed by atoms with E-state index >= 15 is 0 Å². The first kappa shape index (κ1) is 13.6. The smallest absolute Gasteiger partial charge is 0.0684 e. The predicted molar refractivity (Wildman–Crippen MR) is 73.2 cm³/mol. The van der Waals surface area contributed by atoms with Gasteiger partial charge in [-0.2, -0.15) is 5.26 Å². The summed E-state index contributed by atoms with van der Waals surface area (Å²) in [5.74, 6) is 0. The molecule has 0 saturated carbocycles. The van der Waals surface area contributed by atoms with E-state index in [-0.39, 0.29) is 5.41 Å². The molecule has 1 rings (SSSR count). The number of nitriles is 1. The Labute approximate surface area is 105 Å². The van der Waals surface area contributed by atoms with Gasteiger partial charge in [0.2, 0.25) is 0 Å². The van der Waals surface area contributed by atoms with Gasteiger partial charge in [-0.05, 0) is 45.7 Å². The number of hydrogen-bond donors (Lipinski definition) is 0. The highest BCUT2D eigenvalue weighted by Crippen LogP contribution is 2.23. The van der Waals surface area contributed by atoms with Gasteiger partial charge in [-0.1, -0.05) is 17.7 Å². The van der Waals surface area contributed by atoms with Crippen molar-refractivity contribution in [3.8, 4) is 6.07 Å². The molecule has 0 bridgehead atoms. The van der Waals surface area contributed by atoms with Gasteiger partial charge in [-0.25, -0.2) is 0 Å². The summed E-state index contributed by atoms with van der Waals surface area (Å²) >= 11 is 0. The normalized spacial score (nSPS) is 11.1. The lowest BCUT2D eigenvalue weighted by Crippen LogP contribution is -2.24. The Morgan fingerprint density at radius 2 is 1.94 bits per heavy atom. The van der Waals surface area contributed by atoms with Gasteiger partial charge in [-0.15, -0.1) is 0 Å². The second kappa shape index (κ2) is 5.23. The first-order chi connectivity index (χ1) is 7.85. The topological polar surface area (TPSA) is 27.0 Å². The van der Waals surface area contributed by atoms with E-state index in [1.165, 1.54) is 16.8 Å². The Balaban J connectivity index is 2.71. The molecule has 0 spiro atoms. The molecule has 2 nitrogen and oxygen atoms in total. The van der Waals surface area contributed by atoms with Crippen LogP contribution in [0.1, 0.15) is 31.4 Å². The van der Waals surface area contributed by atoms with E-state index in [1.54, 1.807) is 0 Å². The maximum absolute atomic E-state index is 9.00. The standard InChI is InChI=1S/C15H22N2/c1-12-6-7-14(13(2)10-12)17(5)9-8-15(3,4)11-16/h6-7,10H,8-9H2,1-5H3. The fourth-order valence-electron chi connectivity index (χ4n) is 1.86. The lowest BCUT2D eigenvalue weighted by atomic mass is 9.91. The van der Waals surface area contributed by atoms with Crippen molar-refractivity contribution >= 4 is 5.69 Å². The third-order valence-electron chi connectivity index (χ3n) is 3.14. The summed E-state index contributed by atoms with van der Waals surface area (Å²) in [5, 5.41) is 9.00. The van der Waals surface area contributed by atoms with Crippen LogP contribution in [0.3, 0.4) is 0 Å². The van der Waals surface area contributed by atoms with Crippen molar-refractivity contribution in [3.63, 3.8) is 0 Å². The molecule has 92 valence electrons.